The number of alkyl halides is 3. The van der Waals surface area contributed by atoms with Crippen LogP contribution in [-0.4, -0.2) is 49.4 Å². The van der Waals surface area contributed by atoms with Gasteiger partial charge in [0, 0.05) is 13.1 Å². The summed E-state index contributed by atoms with van der Waals surface area (Å²) >= 11 is 0. The lowest BCUT2D eigenvalue weighted by Crippen LogP contribution is -2.47. The summed E-state index contributed by atoms with van der Waals surface area (Å²) in [5.74, 6) is -0.897. The van der Waals surface area contributed by atoms with Gasteiger partial charge in [0.2, 0.25) is 5.91 Å². The first kappa shape index (κ1) is 15.1. The Morgan fingerprint density at radius 3 is 2.15 bits per heavy atom. The second kappa shape index (κ2) is 5.23. The predicted octanol–water partition coefficient (Wildman–Crippen LogP) is 1.47. The summed E-state index contributed by atoms with van der Waals surface area (Å²) in [6.45, 7) is 0.330. The molecule has 0 N–H and O–H groups in total. The molecule has 1 aliphatic carbocycles. The van der Waals surface area contributed by atoms with E-state index in [1.54, 1.807) is 0 Å². The van der Waals surface area contributed by atoms with E-state index in [2.05, 4.69) is 9.47 Å². The highest BCUT2D eigenvalue weighted by Gasteiger charge is 2.59. The van der Waals surface area contributed by atoms with Crippen LogP contribution in [0.2, 0.25) is 0 Å². The molecule has 1 heterocycles. The fraction of sp³-hybridized carbons (Fsp3) is 0.833. The molecule has 0 atom stereocenters. The van der Waals surface area contributed by atoms with E-state index in [9.17, 15) is 22.8 Å². The smallest absolute Gasteiger partial charge is 0.468 e. The standard InChI is InChI=1S/C12H16F3NO4/c1-19-10(18)11(4-5-11)9(17)16-6-2-8(3-7-16)20-12(13,14)15/h8H,2-7H2,1H3. The number of amides is 1. The minimum atomic E-state index is -4.65. The zero-order chi connectivity index (χ0) is 15.0. The molecule has 0 unspecified atom stereocenters. The van der Waals surface area contributed by atoms with Gasteiger partial charge in [-0.25, -0.2) is 0 Å². The van der Waals surface area contributed by atoms with Gasteiger partial charge in [-0.15, -0.1) is 13.2 Å². The van der Waals surface area contributed by atoms with Crippen molar-refractivity contribution in [3.8, 4) is 0 Å². The molecule has 1 amide bonds. The molecule has 1 aliphatic heterocycles. The van der Waals surface area contributed by atoms with Crippen molar-refractivity contribution < 1.29 is 32.2 Å². The van der Waals surface area contributed by atoms with Crippen LogP contribution in [0.4, 0.5) is 13.2 Å². The monoisotopic (exact) mass is 295 g/mol. The molecule has 20 heavy (non-hydrogen) atoms. The molecule has 2 fully saturated rings. The molecule has 0 radical (unpaired) electrons. The maximum atomic E-state index is 12.2. The third-order valence-electron chi connectivity index (χ3n) is 3.77. The summed E-state index contributed by atoms with van der Waals surface area (Å²) in [5, 5.41) is 0. The van der Waals surface area contributed by atoms with Gasteiger partial charge in [-0.05, 0) is 25.7 Å². The van der Waals surface area contributed by atoms with E-state index in [1.165, 1.54) is 12.0 Å². The Labute approximate surface area is 114 Å². The van der Waals surface area contributed by atoms with Gasteiger partial charge >= 0.3 is 12.3 Å². The van der Waals surface area contributed by atoms with Crippen LogP contribution < -0.4 is 0 Å². The zero-order valence-corrected chi connectivity index (χ0v) is 11.0. The number of carbonyl (C=O) groups excluding carboxylic acids is 2. The molecule has 0 aromatic rings. The van der Waals surface area contributed by atoms with E-state index >= 15 is 0 Å². The number of rotatable bonds is 3. The van der Waals surface area contributed by atoms with E-state index < -0.39 is 23.9 Å². The first-order chi connectivity index (χ1) is 9.28. The van der Waals surface area contributed by atoms with Crippen molar-refractivity contribution in [2.45, 2.75) is 38.1 Å². The fourth-order valence-corrected chi connectivity index (χ4v) is 2.49. The molecular formula is C12H16F3NO4. The Bertz CT molecular complexity index is 398. The molecule has 0 aromatic carbocycles. The Balaban J connectivity index is 1.88. The number of nitrogens with zero attached hydrogens (tertiary/aromatic N) is 1. The molecule has 1 saturated heterocycles. The average Bonchev–Trinajstić information content (AvgIpc) is 3.17. The van der Waals surface area contributed by atoms with E-state index in [0.717, 1.165) is 0 Å². The van der Waals surface area contributed by atoms with Gasteiger partial charge in [-0.2, -0.15) is 0 Å². The minimum Gasteiger partial charge on any atom is -0.468 e. The first-order valence-corrected chi connectivity index (χ1v) is 6.41. The molecule has 0 spiro atoms. The van der Waals surface area contributed by atoms with Crippen LogP contribution >= 0.6 is 0 Å². The van der Waals surface area contributed by atoms with E-state index in [-0.39, 0.29) is 31.8 Å². The van der Waals surface area contributed by atoms with Crippen molar-refractivity contribution in [2.75, 3.05) is 20.2 Å². The number of hydrogen-bond acceptors (Lipinski definition) is 4. The molecule has 0 aromatic heterocycles. The lowest BCUT2D eigenvalue weighted by atomic mass is 10.0. The minimum absolute atomic E-state index is 0.114. The maximum Gasteiger partial charge on any atom is 0.522 e. The lowest BCUT2D eigenvalue weighted by Gasteiger charge is -2.33. The van der Waals surface area contributed by atoms with Gasteiger partial charge in [0.15, 0.2) is 0 Å². The Morgan fingerprint density at radius 2 is 1.75 bits per heavy atom. The SMILES string of the molecule is COC(=O)C1(C(=O)N2CCC(OC(F)(F)F)CC2)CC1. The second-order valence-electron chi connectivity index (χ2n) is 5.13. The van der Waals surface area contributed by atoms with Crippen molar-refractivity contribution in [2.24, 2.45) is 5.41 Å². The number of halogens is 3. The molecule has 2 aliphatic rings. The number of likely N-dealkylation sites (tertiary alicyclic amines) is 1. The van der Waals surface area contributed by atoms with Crippen LogP contribution in [0.15, 0.2) is 0 Å². The summed E-state index contributed by atoms with van der Waals surface area (Å²) < 4.78 is 44.8. The van der Waals surface area contributed by atoms with E-state index in [0.29, 0.717) is 12.8 Å². The van der Waals surface area contributed by atoms with Crippen LogP contribution in [0.5, 0.6) is 0 Å². The molecule has 0 bridgehead atoms. The van der Waals surface area contributed by atoms with Crippen LogP contribution in [0.3, 0.4) is 0 Å². The van der Waals surface area contributed by atoms with Gasteiger partial charge in [-0.3, -0.25) is 14.3 Å². The topological polar surface area (TPSA) is 55.8 Å². The molecule has 114 valence electrons. The summed E-state index contributed by atoms with van der Waals surface area (Å²) in [6.07, 6.45) is -4.46. The van der Waals surface area contributed by atoms with Gasteiger partial charge in [0.25, 0.3) is 0 Å². The first-order valence-electron chi connectivity index (χ1n) is 6.41. The third-order valence-corrected chi connectivity index (χ3v) is 3.77. The number of hydrogen-bond donors (Lipinski definition) is 0. The summed E-state index contributed by atoms with van der Waals surface area (Å²) in [4.78, 5) is 25.3. The average molecular weight is 295 g/mol. The number of carbonyl (C=O) groups is 2. The largest absolute Gasteiger partial charge is 0.522 e. The quantitative estimate of drug-likeness (QED) is 0.584. The number of methoxy groups -OCH3 is 1. The summed E-state index contributed by atoms with van der Waals surface area (Å²) in [6, 6.07) is 0. The highest BCUT2D eigenvalue weighted by molar-refractivity contribution is 6.05. The van der Waals surface area contributed by atoms with Crippen LogP contribution in [0, 0.1) is 5.41 Å². The number of ether oxygens (including phenoxy) is 2. The van der Waals surface area contributed by atoms with Crippen LogP contribution in [0.25, 0.3) is 0 Å². The van der Waals surface area contributed by atoms with Gasteiger partial charge in [0.1, 0.15) is 5.41 Å². The Hall–Kier alpha value is -1.31. The van der Waals surface area contributed by atoms with Gasteiger partial charge in [0.05, 0.1) is 13.2 Å². The van der Waals surface area contributed by atoms with Crippen molar-refractivity contribution in [3.63, 3.8) is 0 Å². The molecular weight excluding hydrogens is 279 g/mol. The van der Waals surface area contributed by atoms with Crippen LogP contribution in [-0.2, 0) is 19.1 Å². The molecule has 1 saturated carbocycles. The van der Waals surface area contributed by atoms with Gasteiger partial charge in [-0.1, -0.05) is 0 Å². The van der Waals surface area contributed by atoms with Crippen molar-refractivity contribution in [3.05, 3.63) is 0 Å². The molecule has 5 nitrogen and oxygen atoms in total. The van der Waals surface area contributed by atoms with Gasteiger partial charge < -0.3 is 9.64 Å². The zero-order valence-electron chi connectivity index (χ0n) is 11.0. The maximum absolute atomic E-state index is 12.2. The Kier molecular flexibility index (Phi) is 3.95. The van der Waals surface area contributed by atoms with Crippen molar-refractivity contribution in [1.29, 1.82) is 0 Å². The fourth-order valence-electron chi connectivity index (χ4n) is 2.49. The molecule has 2 rings (SSSR count). The highest BCUT2D eigenvalue weighted by atomic mass is 19.4. The van der Waals surface area contributed by atoms with E-state index in [4.69, 9.17) is 0 Å². The number of esters is 1. The van der Waals surface area contributed by atoms with Crippen LogP contribution in [0.1, 0.15) is 25.7 Å². The summed E-state index contributed by atoms with van der Waals surface area (Å²) in [7, 11) is 1.22. The van der Waals surface area contributed by atoms with E-state index in [1.807, 2.05) is 0 Å². The third kappa shape index (κ3) is 3.05. The van der Waals surface area contributed by atoms with Crippen molar-refractivity contribution in [1.82, 2.24) is 4.90 Å². The van der Waals surface area contributed by atoms with Crippen molar-refractivity contribution >= 4 is 11.9 Å². The molecule has 8 heteroatoms. The lowest BCUT2D eigenvalue weighted by molar-refractivity contribution is -0.345. The number of piperidine rings is 1. The normalized spacial score (nSPS) is 22.5. The second-order valence-corrected chi connectivity index (χ2v) is 5.13. The highest BCUT2D eigenvalue weighted by Crippen LogP contribution is 2.48. The Morgan fingerprint density at radius 1 is 1.20 bits per heavy atom. The predicted molar refractivity (Wildman–Crippen MR) is 60.4 cm³/mol. The summed E-state index contributed by atoms with van der Waals surface area (Å²) in [5.41, 5.74) is -1.09.